The molecule has 3 nitrogen and oxygen atoms in total. The second-order valence-electron chi connectivity index (χ2n) is 5.84. The molecule has 1 fully saturated rings. The fourth-order valence-corrected chi connectivity index (χ4v) is 3.24. The highest BCUT2D eigenvalue weighted by molar-refractivity contribution is 5.39. The number of hydrogen-bond acceptors (Lipinski definition) is 3. The Labute approximate surface area is 109 Å². The van der Waals surface area contributed by atoms with Crippen molar-refractivity contribution in [1.29, 1.82) is 0 Å². The van der Waals surface area contributed by atoms with Crippen molar-refractivity contribution in [1.82, 2.24) is 4.90 Å². The van der Waals surface area contributed by atoms with Crippen LogP contribution in [-0.2, 0) is 13.0 Å². The van der Waals surface area contributed by atoms with Gasteiger partial charge in [-0.2, -0.15) is 0 Å². The molecular formula is C15H22N2O. The molecule has 2 unspecified atom stereocenters. The molecule has 0 spiro atoms. The number of nitrogens with zero attached hydrogens (tertiary/aromatic N) is 1. The predicted molar refractivity (Wildman–Crippen MR) is 72.7 cm³/mol. The average molecular weight is 246 g/mol. The average Bonchev–Trinajstić information content (AvgIpc) is 2.74. The van der Waals surface area contributed by atoms with E-state index in [1.165, 1.54) is 17.7 Å². The van der Waals surface area contributed by atoms with Crippen LogP contribution in [0, 0.1) is 5.92 Å². The molecule has 0 bridgehead atoms. The van der Waals surface area contributed by atoms with E-state index in [2.05, 4.69) is 30.0 Å². The summed E-state index contributed by atoms with van der Waals surface area (Å²) in [5.41, 5.74) is 8.85. The highest BCUT2D eigenvalue weighted by Crippen LogP contribution is 2.27. The molecule has 2 aliphatic rings. The molecular weight excluding hydrogens is 224 g/mol. The molecule has 0 amide bonds. The van der Waals surface area contributed by atoms with Crippen LogP contribution in [0.25, 0.3) is 0 Å². The van der Waals surface area contributed by atoms with E-state index in [4.69, 9.17) is 10.5 Å². The van der Waals surface area contributed by atoms with Crippen LogP contribution in [0.2, 0.25) is 0 Å². The Bertz CT molecular complexity index is 423. The van der Waals surface area contributed by atoms with Gasteiger partial charge in [0.05, 0.1) is 6.61 Å². The van der Waals surface area contributed by atoms with Crippen LogP contribution in [0.3, 0.4) is 0 Å². The van der Waals surface area contributed by atoms with E-state index >= 15 is 0 Å². The number of piperidine rings is 1. The second kappa shape index (κ2) is 4.90. The van der Waals surface area contributed by atoms with E-state index in [1.807, 2.05) is 0 Å². The summed E-state index contributed by atoms with van der Waals surface area (Å²) in [6.07, 6.45) is 2.22. The maximum Gasteiger partial charge on any atom is 0.122 e. The molecule has 0 aliphatic carbocycles. The van der Waals surface area contributed by atoms with Gasteiger partial charge in [-0.15, -0.1) is 0 Å². The Morgan fingerprint density at radius 1 is 1.39 bits per heavy atom. The molecule has 0 radical (unpaired) electrons. The second-order valence-corrected chi connectivity index (χ2v) is 5.84. The first-order valence-corrected chi connectivity index (χ1v) is 6.93. The van der Waals surface area contributed by atoms with Crippen molar-refractivity contribution in [2.24, 2.45) is 11.7 Å². The lowest BCUT2D eigenvalue weighted by atomic mass is 9.96. The van der Waals surface area contributed by atoms with Crippen molar-refractivity contribution in [3.05, 3.63) is 29.3 Å². The van der Waals surface area contributed by atoms with Gasteiger partial charge in [0.1, 0.15) is 5.75 Å². The Kier molecular flexibility index (Phi) is 3.27. The van der Waals surface area contributed by atoms with E-state index in [0.717, 1.165) is 38.3 Å². The quantitative estimate of drug-likeness (QED) is 0.864. The minimum Gasteiger partial charge on any atom is -0.493 e. The zero-order valence-electron chi connectivity index (χ0n) is 11.1. The maximum absolute atomic E-state index is 6.10. The summed E-state index contributed by atoms with van der Waals surface area (Å²) in [7, 11) is 0. The predicted octanol–water partition coefficient (Wildman–Crippen LogP) is 1.79. The van der Waals surface area contributed by atoms with Crippen molar-refractivity contribution < 1.29 is 4.74 Å². The molecule has 0 aromatic heterocycles. The first kappa shape index (κ1) is 12.0. The highest BCUT2D eigenvalue weighted by atomic mass is 16.5. The Morgan fingerprint density at radius 3 is 3.11 bits per heavy atom. The summed E-state index contributed by atoms with van der Waals surface area (Å²) in [6.45, 7) is 6.34. The van der Waals surface area contributed by atoms with E-state index in [9.17, 15) is 0 Å². The lowest BCUT2D eigenvalue weighted by Gasteiger charge is -2.34. The van der Waals surface area contributed by atoms with Crippen LogP contribution in [0.5, 0.6) is 5.75 Å². The maximum atomic E-state index is 6.10. The topological polar surface area (TPSA) is 38.5 Å². The number of benzene rings is 1. The number of nitrogens with two attached hydrogens (primary N) is 1. The van der Waals surface area contributed by atoms with Gasteiger partial charge in [-0.3, -0.25) is 4.90 Å². The Hall–Kier alpha value is -1.06. The highest BCUT2D eigenvalue weighted by Gasteiger charge is 2.22. The summed E-state index contributed by atoms with van der Waals surface area (Å²) in [5, 5.41) is 0. The van der Waals surface area contributed by atoms with E-state index in [-0.39, 0.29) is 0 Å². The van der Waals surface area contributed by atoms with Crippen molar-refractivity contribution in [2.75, 3.05) is 19.7 Å². The summed E-state index contributed by atoms with van der Waals surface area (Å²) >= 11 is 0. The summed E-state index contributed by atoms with van der Waals surface area (Å²) in [4.78, 5) is 2.48. The Morgan fingerprint density at radius 2 is 2.28 bits per heavy atom. The lowest BCUT2D eigenvalue weighted by Crippen LogP contribution is -2.45. The minimum atomic E-state index is 0.339. The molecule has 1 aromatic rings. The van der Waals surface area contributed by atoms with Gasteiger partial charge in [0.25, 0.3) is 0 Å². The first-order chi connectivity index (χ1) is 8.70. The van der Waals surface area contributed by atoms with Gasteiger partial charge in [0.2, 0.25) is 0 Å². The molecule has 2 heterocycles. The standard InChI is InChI=1S/C15H22N2O/c1-11-6-14(16)10-17(8-11)9-12-2-3-15-13(7-12)4-5-18-15/h2-3,7,11,14H,4-6,8-10,16H2,1H3. The summed E-state index contributed by atoms with van der Waals surface area (Å²) < 4.78 is 5.54. The third-order valence-corrected chi connectivity index (χ3v) is 3.93. The molecule has 2 N–H and O–H groups in total. The number of ether oxygens (including phenoxy) is 1. The van der Waals surface area contributed by atoms with Crippen molar-refractivity contribution in [3.63, 3.8) is 0 Å². The molecule has 2 aliphatic heterocycles. The van der Waals surface area contributed by atoms with Gasteiger partial charge in [-0.1, -0.05) is 19.1 Å². The molecule has 2 atom stereocenters. The fourth-order valence-electron chi connectivity index (χ4n) is 3.24. The van der Waals surface area contributed by atoms with Crippen molar-refractivity contribution >= 4 is 0 Å². The molecule has 18 heavy (non-hydrogen) atoms. The number of fused-ring (bicyclic) bond motifs is 1. The van der Waals surface area contributed by atoms with Crippen LogP contribution in [0.15, 0.2) is 18.2 Å². The van der Waals surface area contributed by atoms with Gasteiger partial charge >= 0.3 is 0 Å². The first-order valence-electron chi connectivity index (χ1n) is 6.93. The SMILES string of the molecule is CC1CC(N)CN(Cc2ccc3c(c2)CCO3)C1. The number of likely N-dealkylation sites (tertiary alicyclic amines) is 1. The lowest BCUT2D eigenvalue weighted by molar-refractivity contribution is 0.158. The van der Waals surface area contributed by atoms with Crippen molar-refractivity contribution in [2.45, 2.75) is 32.4 Å². The van der Waals surface area contributed by atoms with Gasteiger partial charge in [-0.25, -0.2) is 0 Å². The summed E-state index contributed by atoms with van der Waals surface area (Å²) in [6, 6.07) is 6.94. The largest absolute Gasteiger partial charge is 0.493 e. The minimum absolute atomic E-state index is 0.339. The third-order valence-electron chi connectivity index (χ3n) is 3.93. The van der Waals surface area contributed by atoms with Gasteiger partial charge in [0, 0.05) is 32.1 Å². The van der Waals surface area contributed by atoms with Crippen LogP contribution >= 0.6 is 0 Å². The van der Waals surface area contributed by atoms with Gasteiger partial charge in [-0.05, 0) is 29.5 Å². The number of hydrogen-bond donors (Lipinski definition) is 1. The third kappa shape index (κ3) is 2.52. The van der Waals surface area contributed by atoms with Crippen molar-refractivity contribution in [3.8, 4) is 5.75 Å². The van der Waals surface area contributed by atoms with E-state index in [1.54, 1.807) is 0 Å². The molecule has 3 heteroatoms. The zero-order chi connectivity index (χ0) is 12.5. The van der Waals surface area contributed by atoms with E-state index < -0.39 is 0 Å². The van der Waals surface area contributed by atoms with Crippen LogP contribution in [0.4, 0.5) is 0 Å². The van der Waals surface area contributed by atoms with Crippen LogP contribution in [0.1, 0.15) is 24.5 Å². The molecule has 1 saturated heterocycles. The molecule has 3 rings (SSSR count). The van der Waals surface area contributed by atoms with Crippen LogP contribution in [-0.4, -0.2) is 30.6 Å². The monoisotopic (exact) mass is 246 g/mol. The zero-order valence-corrected chi connectivity index (χ0v) is 11.1. The van der Waals surface area contributed by atoms with Crippen LogP contribution < -0.4 is 10.5 Å². The number of rotatable bonds is 2. The van der Waals surface area contributed by atoms with Gasteiger partial charge < -0.3 is 10.5 Å². The Balaban J connectivity index is 1.69. The molecule has 98 valence electrons. The van der Waals surface area contributed by atoms with Gasteiger partial charge in [0.15, 0.2) is 0 Å². The fraction of sp³-hybridized carbons (Fsp3) is 0.600. The normalized spacial score (nSPS) is 27.9. The van der Waals surface area contributed by atoms with E-state index in [0.29, 0.717) is 12.0 Å². The molecule has 0 saturated carbocycles. The smallest absolute Gasteiger partial charge is 0.122 e. The summed E-state index contributed by atoms with van der Waals surface area (Å²) in [5.74, 6) is 1.79. The molecule has 1 aromatic carbocycles.